The highest BCUT2D eigenvalue weighted by atomic mass is 19.1. The van der Waals surface area contributed by atoms with Crippen molar-refractivity contribution in [1.82, 2.24) is 9.97 Å². The Morgan fingerprint density at radius 3 is 2.54 bits per heavy atom. The molecule has 0 aliphatic rings. The SMILES string of the molecule is C=C(CC(N)=O)c1ncc(F)cn1. The van der Waals surface area contributed by atoms with Gasteiger partial charge >= 0.3 is 0 Å². The van der Waals surface area contributed by atoms with Crippen LogP contribution in [-0.4, -0.2) is 15.9 Å². The fourth-order valence-corrected chi connectivity index (χ4v) is 0.784. The monoisotopic (exact) mass is 181 g/mol. The van der Waals surface area contributed by atoms with Crippen LogP contribution in [0.25, 0.3) is 5.57 Å². The van der Waals surface area contributed by atoms with Gasteiger partial charge in [0.1, 0.15) is 0 Å². The summed E-state index contributed by atoms with van der Waals surface area (Å²) in [6, 6.07) is 0. The van der Waals surface area contributed by atoms with Gasteiger partial charge in [-0.25, -0.2) is 14.4 Å². The molecule has 0 aliphatic heterocycles. The van der Waals surface area contributed by atoms with E-state index in [2.05, 4.69) is 16.5 Å². The van der Waals surface area contributed by atoms with Gasteiger partial charge in [0.15, 0.2) is 11.6 Å². The van der Waals surface area contributed by atoms with Crippen molar-refractivity contribution in [2.24, 2.45) is 5.73 Å². The zero-order valence-corrected chi connectivity index (χ0v) is 6.83. The van der Waals surface area contributed by atoms with E-state index in [1.54, 1.807) is 0 Å². The second kappa shape index (κ2) is 3.75. The molecule has 0 aromatic carbocycles. The number of primary amides is 1. The summed E-state index contributed by atoms with van der Waals surface area (Å²) >= 11 is 0. The number of nitrogens with zero attached hydrogens (tertiary/aromatic N) is 2. The van der Waals surface area contributed by atoms with Crippen LogP contribution in [0.4, 0.5) is 4.39 Å². The molecule has 0 bridgehead atoms. The molecule has 0 radical (unpaired) electrons. The second-order valence-corrected chi connectivity index (χ2v) is 2.47. The zero-order valence-electron chi connectivity index (χ0n) is 6.83. The van der Waals surface area contributed by atoms with E-state index in [1.807, 2.05) is 0 Å². The molecule has 1 rings (SSSR count). The molecule has 13 heavy (non-hydrogen) atoms. The van der Waals surface area contributed by atoms with Gasteiger partial charge < -0.3 is 5.73 Å². The minimum absolute atomic E-state index is 0.0222. The Balaban J connectivity index is 2.78. The number of hydrogen-bond acceptors (Lipinski definition) is 3. The highest BCUT2D eigenvalue weighted by Gasteiger charge is 2.05. The maximum Gasteiger partial charge on any atom is 0.221 e. The Labute approximate surface area is 74.3 Å². The third-order valence-corrected chi connectivity index (χ3v) is 1.32. The summed E-state index contributed by atoms with van der Waals surface area (Å²) in [5.41, 5.74) is 5.31. The normalized spacial score (nSPS) is 9.62. The Hall–Kier alpha value is -1.78. The van der Waals surface area contributed by atoms with Gasteiger partial charge in [-0.3, -0.25) is 4.79 Å². The molecular formula is C8H8FN3O. The lowest BCUT2D eigenvalue weighted by atomic mass is 10.2. The largest absolute Gasteiger partial charge is 0.369 e. The van der Waals surface area contributed by atoms with Crippen LogP contribution in [0.3, 0.4) is 0 Å². The smallest absolute Gasteiger partial charge is 0.221 e. The minimum Gasteiger partial charge on any atom is -0.369 e. The molecule has 1 aromatic heterocycles. The average molecular weight is 181 g/mol. The standard InChI is InChI=1S/C8H8FN3O/c1-5(2-7(10)13)8-11-3-6(9)4-12-8/h3-4H,1-2H2,(H2,10,13). The molecule has 0 saturated carbocycles. The van der Waals surface area contributed by atoms with E-state index in [1.165, 1.54) is 0 Å². The van der Waals surface area contributed by atoms with E-state index in [9.17, 15) is 9.18 Å². The van der Waals surface area contributed by atoms with Crippen LogP contribution in [0.5, 0.6) is 0 Å². The van der Waals surface area contributed by atoms with E-state index in [0.29, 0.717) is 5.57 Å². The van der Waals surface area contributed by atoms with Crippen LogP contribution in [0.1, 0.15) is 12.2 Å². The van der Waals surface area contributed by atoms with Crippen molar-refractivity contribution in [1.29, 1.82) is 0 Å². The molecule has 0 saturated heterocycles. The maximum atomic E-state index is 12.4. The summed E-state index contributed by atoms with van der Waals surface area (Å²) in [5, 5.41) is 0. The Morgan fingerprint density at radius 1 is 1.54 bits per heavy atom. The first-order chi connectivity index (χ1) is 6.09. The summed E-state index contributed by atoms with van der Waals surface area (Å²) in [7, 11) is 0. The van der Waals surface area contributed by atoms with Crippen molar-refractivity contribution in [3.8, 4) is 0 Å². The highest BCUT2D eigenvalue weighted by Crippen LogP contribution is 2.09. The lowest BCUT2D eigenvalue weighted by Gasteiger charge is -1.99. The molecule has 1 heterocycles. The lowest BCUT2D eigenvalue weighted by Crippen LogP contribution is -2.11. The van der Waals surface area contributed by atoms with Crippen LogP contribution in [0.15, 0.2) is 19.0 Å². The van der Waals surface area contributed by atoms with Crippen LogP contribution < -0.4 is 5.73 Å². The van der Waals surface area contributed by atoms with Crippen molar-refractivity contribution >= 4 is 11.5 Å². The summed E-state index contributed by atoms with van der Waals surface area (Å²) in [6.07, 6.45) is 1.99. The lowest BCUT2D eigenvalue weighted by molar-refractivity contribution is -0.117. The number of amides is 1. The second-order valence-electron chi connectivity index (χ2n) is 2.47. The first kappa shape index (κ1) is 9.31. The van der Waals surface area contributed by atoms with Gasteiger partial charge in [0.05, 0.1) is 18.8 Å². The van der Waals surface area contributed by atoms with Crippen LogP contribution in [0.2, 0.25) is 0 Å². The molecule has 5 heteroatoms. The molecule has 0 fully saturated rings. The van der Waals surface area contributed by atoms with E-state index >= 15 is 0 Å². The molecule has 1 aromatic rings. The number of rotatable bonds is 3. The third kappa shape index (κ3) is 2.62. The Bertz CT molecular complexity index is 334. The van der Waals surface area contributed by atoms with Crippen molar-refractivity contribution in [2.75, 3.05) is 0 Å². The topological polar surface area (TPSA) is 68.9 Å². The maximum absolute atomic E-state index is 12.4. The number of carbonyl (C=O) groups is 1. The molecule has 0 aliphatic carbocycles. The first-order valence-electron chi connectivity index (χ1n) is 3.53. The summed E-state index contributed by atoms with van der Waals surface area (Å²) < 4.78 is 12.4. The number of halogens is 1. The molecule has 4 nitrogen and oxygen atoms in total. The van der Waals surface area contributed by atoms with Gasteiger partial charge in [-0.2, -0.15) is 0 Å². The van der Waals surface area contributed by atoms with Crippen LogP contribution >= 0.6 is 0 Å². The van der Waals surface area contributed by atoms with Crippen LogP contribution in [-0.2, 0) is 4.79 Å². The van der Waals surface area contributed by atoms with E-state index in [-0.39, 0.29) is 12.2 Å². The summed E-state index contributed by atoms with van der Waals surface area (Å²) in [5.74, 6) is -0.811. The molecule has 1 amide bonds. The van der Waals surface area contributed by atoms with E-state index in [0.717, 1.165) is 12.4 Å². The number of aromatic nitrogens is 2. The first-order valence-corrected chi connectivity index (χ1v) is 3.53. The van der Waals surface area contributed by atoms with Crippen LogP contribution in [0, 0.1) is 5.82 Å². The zero-order chi connectivity index (χ0) is 9.84. The molecule has 68 valence electrons. The van der Waals surface area contributed by atoms with Gasteiger partial charge in [0.2, 0.25) is 5.91 Å². The summed E-state index contributed by atoms with van der Waals surface area (Å²) in [6.45, 7) is 3.55. The van der Waals surface area contributed by atoms with Gasteiger partial charge in [-0.1, -0.05) is 6.58 Å². The number of carbonyl (C=O) groups excluding carboxylic acids is 1. The van der Waals surface area contributed by atoms with E-state index in [4.69, 9.17) is 5.73 Å². The molecule has 0 atom stereocenters. The van der Waals surface area contributed by atoms with Gasteiger partial charge in [0, 0.05) is 0 Å². The Kier molecular flexibility index (Phi) is 2.69. The predicted octanol–water partition coefficient (Wildman–Crippen LogP) is 0.504. The quantitative estimate of drug-likeness (QED) is 0.738. The number of hydrogen-bond donors (Lipinski definition) is 1. The van der Waals surface area contributed by atoms with E-state index < -0.39 is 11.7 Å². The predicted molar refractivity (Wildman–Crippen MR) is 44.8 cm³/mol. The fourth-order valence-electron chi connectivity index (χ4n) is 0.784. The third-order valence-electron chi connectivity index (χ3n) is 1.32. The molecular weight excluding hydrogens is 173 g/mol. The van der Waals surface area contributed by atoms with Crippen molar-refractivity contribution in [3.05, 3.63) is 30.6 Å². The molecule has 2 N–H and O–H groups in total. The van der Waals surface area contributed by atoms with Gasteiger partial charge in [-0.05, 0) is 5.57 Å². The van der Waals surface area contributed by atoms with Crippen molar-refractivity contribution < 1.29 is 9.18 Å². The minimum atomic E-state index is -0.532. The molecule has 0 spiro atoms. The highest BCUT2D eigenvalue weighted by molar-refractivity contribution is 5.85. The average Bonchev–Trinajstić information content (AvgIpc) is 2.04. The summed E-state index contributed by atoms with van der Waals surface area (Å²) in [4.78, 5) is 17.8. The Morgan fingerprint density at radius 2 is 2.08 bits per heavy atom. The van der Waals surface area contributed by atoms with Crippen molar-refractivity contribution in [3.63, 3.8) is 0 Å². The van der Waals surface area contributed by atoms with Gasteiger partial charge in [-0.15, -0.1) is 0 Å². The van der Waals surface area contributed by atoms with Gasteiger partial charge in [0.25, 0.3) is 0 Å². The molecule has 0 unspecified atom stereocenters. The fraction of sp³-hybridized carbons (Fsp3) is 0.125. The van der Waals surface area contributed by atoms with Crippen molar-refractivity contribution in [2.45, 2.75) is 6.42 Å². The number of nitrogens with two attached hydrogens (primary N) is 1.